The van der Waals surface area contributed by atoms with Crippen LogP contribution in [0.25, 0.3) is 0 Å². The van der Waals surface area contributed by atoms with Gasteiger partial charge in [-0.25, -0.2) is 4.39 Å². The monoisotopic (exact) mass is 244 g/mol. The van der Waals surface area contributed by atoms with E-state index in [4.69, 9.17) is 5.11 Å². The van der Waals surface area contributed by atoms with Gasteiger partial charge < -0.3 is 10.2 Å². The second-order valence-electron chi connectivity index (χ2n) is 3.93. The fraction of sp³-hybridized carbons (Fsp3) is 0.500. The largest absolute Gasteiger partial charge is 0.396 e. The predicted molar refractivity (Wildman–Crippen MR) is 64.0 cm³/mol. The third-order valence-corrected chi connectivity index (χ3v) is 3.73. The molecule has 2 nitrogen and oxygen atoms in total. The Bertz CT molecular complexity index is 342. The Balaban J connectivity index is 2.84. The number of thioether (sulfide) groups is 1. The van der Waals surface area contributed by atoms with Crippen LogP contribution in [0.5, 0.6) is 0 Å². The van der Waals surface area contributed by atoms with Crippen molar-refractivity contribution in [3.8, 4) is 0 Å². The van der Waals surface area contributed by atoms with E-state index in [0.29, 0.717) is 16.2 Å². The Morgan fingerprint density at radius 2 is 2.06 bits per heavy atom. The highest BCUT2D eigenvalue weighted by atomic mass is 32.2. The number of rotatable bonds is 5. The summed E-state index contributed by atoms with van der Waals surface area (Å²) in [4.78, 5) is 0.484. The maximum absolute atomic E-state index is 13.6. The number of aliphatic hydroxyl groups is 2. The van der Waals surface area contributed by atoms with Crippen molar-refractivity contribution in [3.63, 3.8) is 0 Å². The van der Waals surface area contributed by atoms with Gasteiger partial charge in [-0.2, -0.15) is 0 Å². The Labute approximate surface area is 99.5 Å². The first-order chi connectivity index (χ1) is 7.56. The van der Waals surface area contributed by atoms with Crippen molar-refractivity contribution in [2.24, 2.45) is 5.92 Å². The third-order valence-electron chi connectivity index (χ3n) is 2.27. The standard InChI is InChI=1S/C12H17FO2S/c1-8(6-14)7-16-12-10(9(2)15)4-3-5-11(12)13/h3-5,8-9,14-15H,6-7H2,1-2H3/t8?,9-/m0/s1. The zero-order valence-corrected chi connectivity index (χ0v) is 10.3. The second kappa shape index (κ2) is 6.23. The van der Waals surface area contributed by atoms with Crippen LogP contribution in [0, 0.1) is 11.7 Å². The van der Waals surface area contributed by atoms with Gasteiger partial charge in [0.1, 0.15) is 5.82 Å². The lowest BCUT2D eigenvalue weighted by atomic mass is 10.1. The highest BCUT2D eigenvalue weighted by Crippen LogP contribution is 2.31. The van der Waals surface area contributed by atoms with E-state index in [1.165, 1.54) is 17.8 Å². The molecule has 0 saturated carbocycles. The quantitative estimate of drug-likeness (QED) is 0.782. The van der Waals surface area contributed by atoms with Crippen LogP contribution < -0.4 is 0 Å². The van der Waals surface area contributed by atoms with Crippen molar-refractivity contribution in [2.45, 2.75) is 24.8 Å². The molecule has 1 unspecified atom stereocenters. The topological polar surface area (TPSA) is 40.5 Å². The number of aliphatic hydroxyl groups excluding tert-OH is 2. The SMILES string of the molecule is CC(CO)CSc1c(F)cccc1[C@H](C)O. The molecule has 0 spiro atoms. The molecule has 2 N–H and O–H groups in total. The summed E-state index contributed by atoms with van der Waals surface area (Å²) in [7, 11) is 0. The first-order valence-corrected chi connectivity index (χ1v) is 6.25. The Hall–Kier alpha value is -0.580. The minimum absolute atomic E-state index is 0.0888. The number of benzene rings is 1. The summed E-state index contributed by atoms with van der Waals surface area (Å²) in [6.07, 6.45) is -0.678. The first-order valence-electron chi connectivity index (χ1n) is 5.26. The van der Waals surface area contributed by atoms with Crippen LogP contribution in [-0.2, 0) is 0 Å². The lowest BCUT2D eigenvalue weighted by molar-refractivity contribution is 0.195. The highest BCUT2D eigenvalue weighted by molar-refractivity contribution is 7.99. The molecular formula is C12H17FO2S. The number of hydrogen-bond acceptors (Lipinski definition) is 3. The predicted octanol–water partition coefficient (Wildman–Crippen LogP) is 2.60. The summed E-state index contributed by atoms with van der Waals surface area (Å²) in [6.45, 7) is 3.61. The lowest BCUT2D eigenvalue weighted by Gasteiger charge is -2.14. The molecule has 16 heavy (non-hydrogen) atoms. The normalized spacial score (nSPS) is 14.8. The average Bonchev–Trinajstić information content (AvgIpc) is 2.26. The van der Waals surface area contributed by atoms with Crippen LogP contribution >= 0.6 is 11.8 Å². The van der Waals surface area contributed by atoms with Crippen molar-refractivity contribution < 1.29 is 14.6 Å². The lowest BCUT2D eigenvalue weighted by Crippen LogP contribution is -2.05. The molecule has 1 rings (SSSR count). The molecule has 0 bridgehead atoms. The maximum Gasteiger partial charge on any atom is 0.137 e. The van der Waals surface area contributed by atoms with Gasteiger partial charge in [0.2, 0.25) is 0 Å². The average molecular weight is 244 g/mol. The van der Waals surface area contributed by atoms with Gasteiger partial charge in [-0.15, -0.1) is 11.8 Å². The molecule has 0 aliphatic carbocycles. The van der Waals surface area contributed by atoms with Crippen molar-refractivity contribution in [1.29, 1.82) is 0 Å². The summed E-state index contributed by atoms with van der Waals surface area (Å²) >= 11 is 1.34. The van der Waals surface area contributed by atoms with Gasteiger partial charge in [0.25, 0.3) is 0 Å². The molecule has 0 aliphatic rings. The Morgan fingerprint density at radius 3 is 2.62 bits per heavy atom. The van der Waals surface area contributed by atoms with Gasteiger partial charge in [0, 0.05) is 17.3 Å². The minimum Gasteiger partial charge on any atom is -0.396 e. The molecule has 4 heteroatoms. The smallest absolute Gasteiger partial charge is 0.137 e. The zero-order valence-electron chi connectivity index (χ0n) is 9.48. The number of halogens is 1. The van der Waals surface area contributed by atoms with E-state index in [-0.39, 0.29) is 18.3 Å². The van der Waals surface area contributed by atoms with Crippen molar-refractivity contribution in [1.82, 2.24) is 0 Å². The summed E-state index contributed by atoms with van der Waals surface area (Å²) in [6, 6.07) is 4.70. The molecule has 2 atom stereocenters. The molecule has 0 radical (unpaired) electrons. The van der Waals surface area contributed by atoms with E-state index in [9.17, 15) is 9.50 Å². The molecule has 1 aromatic carbocycles. The van der Waals surface area contributed by atoms with E-state index in [0.717, 1.165) is 0 Å². The summed E-state index contributed by atoms with van der Waals surface area (Å²) in [5.74, 6) is 0.442. The van der Waals surface area contributed by atoms with Crippen molar-refractivity contribution in [3.05, 3.63) is 29.6 Å². The minimum atomic E-state index is -0.678. The van der Waals surface area contributed by atoms with Crippen LogP contribution in [0.4, 0.5) is 4.39 Å². The third kappa shape index (κ3) is 3.47. The first kappa shape index (κ1) is 13.5. The molecule has 0 fully saturated rings. The van der Waals surface area contributed by atoms with E-state index >= 15 is 0 Å². The molecule has 0 saturated heterocycles. The van der Waals surface area contributed by atoms with Crippen molar-refractivity contribution in [2.75, 3.05) is 12.4 Å². The fourth-order valence-corrected chi connectivity index (χ4v) is 2.45. The van der Waals surface area contributed by atoms with Crippen molar-refractivity contribution >= 4 is 11.8 Å². The van der Waals surface area contributed by atoms with Gasteiger partial charge in [-0.3, -0.25) is 0 Å². The van der Waals surface area contributed by atoms with Gasteiger partial charge in [0.05, 0.1) is 6.10 Å². The van der Waals surface area contributed by atoms with Crippen LogP contribution in [0.3, 0.4) is 0 Å². The molecule has 0 amide bonds. The van der Waals surface area contributed by atoms with Crippen LogP contribution in [0.1, 0.15) is 25.5 Å². The molecular weight excluding hydrogens is 227 g/mol. The fourth-order valence-electron chi connectivity index (χ4n) is 1.29. The summed E-state index contributed by atoms with van der Waals surface area (Å²) in [5.41, 5.74) is 0.607. The van der Waals surface area contributed by atoms with Gasteiger partial charge in [0.15, 0.2) is 0 Å². The summed E-state index contributed by atoms with van der Waals surface area (Å²) < 4.78 is 13.6. The van der Waals surface area contributed by atoms with Gasteiger partial charge in [-0.1, -0.05) is 19.1 Å². The maximum atomic E-state index is 13.6. The van der Waals surface area contributed by atoms with E-state index < -0.39 is 6.10 Å². The molecule has 0 aliphatic heterocycles. The van der Waals surface area contributed by atoms with E-state index in [1.807, 2.05) is 6.92 Å². The van der Waals surface area contributed by atoms with Crippen LogP contribution in [0.15, 0.2) is 23.1 Å². The number of hydrogen-bond donors (Lipinski definition) is 2. The molecule has 1 aromatic rings. The van der Waals surface area contributed by atoms with E-state index in [2.05, 4.69) is 0 Å². The van der Waals surface area contributed by atoms with E-state index in [1.54, 1.807) is 19.1 Å². The zero-order chi connectivity index (χ0) is 12.1. The molecule has 0 aromatic heterocycles. The highest BCUT2D eigenvalue weighted by Gasteiger charge is 2.13. The molecule has 0 heterocycles. The molecule has 90 valence electrons. The Morgan fingerprint density at radius 1 is 1.38 bits per heavy atom. The van der Waals surface area contributed by atoms with Gasteiger partial charge in [-0.05, 0) is 24.5 Å². The van der Waals surface area contributed by atoms with Crippen LogP contribution in [0.2, 0.25) is 0 Å². The van der Waals surface area contributed by atoms with Crippen LogP contribution in [-0.4, -0.2) is 22.6 Å². The van der Waals surface area contributed by atoms with Gasteiger partial charge >= 0.3 is 0 Å². The summed E-state index contributed by atoms with van der Waals surface area (Å²) in [5, 5.41) is 18.4. The second-order valence-corrected chi connectivity index (χ2v) is 4.96. The Kier molecular flexibility index (Phi) is 5.25.